The fourth-order valence-corrected chi connectivity index (χ4v) is 3.11. The third-order valence-corrected chi connectivity index (χ3v) is 4.73. The first kappa shape index (κ1) is 23.5. The summed E-state index contributed by atoms with van der Waals surface area (Å²) in [6, 6.07) is 22.0. The Labute approximate surface area is 190 Å². The third-order valence-electron chi connectivity index (χ3n) is 4.73. The van der Waals surface area contributed by atoms with Gasteiger partial charge in [-0.1, -0.05) is 36.4 Å². The highest BCUT2D eigenvalue weighted by atomic mass is 19.3. The Bertz CT molecular complexity index is 1110. The van der Waals surface area contributed by atoms with Crippen molar-refractivity contribution in [2.75, 3.05) is 5.32 Å². The molecule has 1 unspecified atom stereocenters. The number of carbonyl (C=O) groups excluding carboxylic acids is 1. The molecule has 0 saturated carbocycles. The van der Waals surface area contributed by atoms with Crippen LogP contribution in [0.2, 0.25) is 0 Å². The van der Waals surface area contributed by atoms with Gasteiger partial charge < -0.3 is 20.1 Å². The largest absolute Gasteiger partial charge is 0.489 e. The molecule has 3 aromatic rings. The summed E-state index contributed by atoms with van der Waals surface area (Å²) in [5.74, 6) is 0.712. The van der Waals surface area contributed by atoms with Crippen molar-refractivity contribution in [1.82, 2.24) is 5.32 Å². The van der Waals surface area contributed by atoms with Gasteiger partial charge in [-0.15, -0.1) is 0 Å². The summed E-state index contributed by atoms with van der Waals surface area (Å²) in [6.45, 7) is -0.860. The molecule has 0 fully saturated rings. The molecule has 1 atom stereocenters. The van der Waals surface area contributed by atoms with Gasteiger partial charge in [-0.2, -0.15) is 14.0 Å². The first-order valence-electron chi connectivity index (χ1n) is 10.2. The van der Waals surface area contributed by atoms with E-state index in [-0.39, 0.29) is 5.75 Å². The highest BCUT2D eigenvalue weighted by Crippen LogP contribution is 2.21. The minimum absolute atomic E-state index is 0.0314. The molecule has 0 aliphatic heterocycles. The lowest BCUT2D eigenvalue weighted by Crippen LogP contribution is -2.31. The summed E-state index contributed by atoms with van der Waals surface area (Å²) in [7, 11) is 0. The number of urea groups is 1. The summed E-state index contributed by atoms with van der Waals surface area (Å²) in [6.07, 6.45) is 0.351. The Morgan fingerprint density at radius 3 is 2.48 bits per heavy atom. The predicted octanol–water partition coefficient (Wildman–Crippen LogP) is 5.82. The van der Waals surface area contributed by atoms with E-state index in [2.05, 4.69) is 21.4 Å². The van der Waals surface area contributed by atoms with Crippen LogP contribution >= 0.6 is 0 Å². The lowest BCUT2D eigenvalue weighted by molar-refractivity contribution is -0.0499. The van der Waals surface area contributed by atoms with Crippen LogP contribution in [0.15, 0.2) is 72.8 Å². The molecule has 2 N–H and O–H groups in total. The molecule has 0 aromatic heterocycles. The number of nitriles is 1. The van der Waals surface area contributed by atoms with Gasteiger partial charge in [0.2, 0.25) is 0 Å². The molecule has 0 radical (unpaired) electrons. The molecule has 0 bridgehead atoms. The van der Waals surface area contributed by atoms with Crippen LogP contribution in [0.1, 0.15) is 29.7 Å². The zero-order valence-electron chi connectivity index (χ0n) is 17.9. The lowest BCUT2D eigenvalue weighted by Gasteiger charge is -2.16. The smallest absolute Gasteiger partial charge is 0.387 e. The Morgan fingerprint density at radius 2 is 1.76 bits per heavy atom. The number of carbonyl (C=O) groups is 1. The van der Waals surface area contributed by atoms with Crippen molar-refractivity contribution in [3.05, 3.63) is 89.5 Å². The normalized spacial score (nSPS) is 11.4. The summed E-state index contributed by atoms with van der Waals surface area (Å²) in [5.41, 5.74) is 2.99. The maximum Gasteiger partial charge on any atom is 0.387 e. The molecule has 170 valence electrons. The number of rotatable bonds is 9. The molecule has 6 nitrogen and oxygen atoms in total. The van der Waals surface area contributed by atoms with Crippen LogP contribution in [-0.2, 0) is 13.0 Å². The van der Waals surface area contributed by atoms with Crippen LogP contribution < -0.4 is 20.1 Å². The third kappa shape index (κ3) is 7.51. The topological polar surface area (TPSA) is 83.4 Å². The molecule has 0 heterocycles. The zero-order valence-corrected chi connectivity index (χ0v) is 17.9. The van der Waals surface area contributed by atoms with E-state index in [1.807, 2.05) is 30.3 Å². The Morgan fingerprint density at radius 1 is 1.00 bits per heavy atom. The van der Waals surface area contributed by atoms with E-state index in [1.165, 1.54) is 12.1 Å². The lowest BCUT2D eigenvalue weighted by atomic mass is 10.1. The van der Waals surface area contributed by atoms with Gasteiger partial charge in [-0.25, -0.2) is 4.79 Å². The fourth-order valence-electron chi connectivity index (χ4n) is 3.11. The molecule has 3 aromatic carbocycles. The van der Waals surface area contributed by atoms with Crippen molar-refractivity contribution < 1.29 is 23.0 Å². The molecule has 0 aliphatic rings. The van der Waals surface area contributed by atoms with Crippen LogP contribution in [0.25, 0.3) is 0 Å². The van der Waals surface area contributed by atoms with Gasteiger partial charge in [-0.3, -0.25) is 0 Å². The predicted molar refractivity (Wildman–Crippen MR) is 120 cm³/mol. The van der Waals surface area contributed by atoms with Crippen LogP contribution in [-0.4, -0.2) is 12.6 Å². The average molecular weight is 451 g/mol. The van der Waals surface area contributed by atoms with E-state index in [0.717, 1.165) is 11.1 Å². The van der Waals surface area contributed by atoms with Crippen molar-refractivity contribution in [2.24, 2.45) is 0 Å². The van der Waals surface area contributed by atoms with Crippen molar-refractivity contribution in [3.63, 3.8) is 0 Å². The molecule has 2 amide bonds. The molecule has 3 rings (SSSR count). The number of benzene rings is 3. The van der Waals surface area contributed by atoms with Crippen molar-refractivity contribution in [3.8, 4) is 17.6 Å². The van der Waals surface area contributed by atoms with Gasteiger partial charge in [0.15, 0.2) is 0 Å². The van der Waals surface area contributed by atoms with E-state index < -0.39 is 18.7 Å². The molecule has 8 heteroatoms. The van der Waals surface area contributed by atoms with Gasteiger partial charge in [0.05, 0.1) is 18.5 Å². The molecule has 33 heavy (non-hydrogen) atoms. The molecule has 0 saturated heterocycles. The van der Waals surface area contributed by atoms with Crippen molar-refractivity contribution >= 4 is 11.7 Å². The van der Waals surface area contributed by atoms with E-state index in [9.17, 15) is 13.6 Å². The number of amides is 2. The quantitative estimate of drug-likeness (QED) is 0.430. The number of nitrogens with one attached hydrogen (secondary N) is 2. The second-order valence-corrected chi connectivity index (χ2v) is 7.24. The van der Waals surface area contributed by atoms with Gasteiger partial charge in [0, 0.05) is 5.69 Å². The van der Waals surface area contributed by atoms with E-state index >= 15 is 0 Å². The van der Waals surface area contributed by atoms with Gasteiger partial charge in [0.25, 0.3) is 0 Å². The number of ether oxygens (including phenoxy) is 2. The van der Waals surface area contributed by atoms with Crippen LogP contribution in [0.3, 0.4) is 0 Å². The molecular weight excluding hydrogens is 428 g/mol. The highest BCUT2D eigenvalue weighted by molar-refractivity contribution is 5.89. The molecule has 0 aliphatic carbocycles. The molecular formula is C25H23F2N3O3. The van der Waals surface area contributed by atoms with Gasteiger partial charge >= 0.3 is 12.6 Å². The minimum Gasteiger partial charge on any atom is -0.489 e. The monoisotopic (exact) mass is 451 g/mol. The molecule has 0 spiro atoms. The standard InChI is InChI=1S/C25H23F2N3O3/c1-17(20-5-3-7-23(15-20)33-24(26)27)29-25(31)30-21-6-2-4-19(14-21)16-32-22-10-8-18(9-11-22)12-13-28/h2-11,14-15,17,24H,12,16H2,1H3,(H2,29,30,31). The van der Waals surface area contributed by atoms with Crippen LogP contribution in [0.5, 0.6) is 11.5 Å². The Hall–Kier alpha value is -4.12. The first-order chi connectivity index (χ1) is 15.9. The maximum absolute atomic E-state index is 12.4. The number of alkyl halides is 2. The van der Waals surface area contributed by atoms with E-state index in [0.29, 0.717) is 30.0 Å². The first-order valence-corrected chi connectivity index (χ1v) is 10.2. The zero-order chi connectivity index (χ0) is 23.6. The summed E-state index contributed by atoms with van der Waals surface area (Å²) >= 11 is 0. The van der Waals surface area contributed by atoms with E-state index in [4.69, 9.17) is 10.00 Å². The number of anilines is 1. The number of hydrogen-bond acceptors (Lipinski definition) is 4. The minimum atomic E-state index is -2.91. The van der Waals surface area contributed by atoms with Crippen molar-refractivity contribution in [2.45, 2.75) is 32.6 Å². The number of halogens is 2. The van der Waals surface area contributed by atoms with Crippen molar-refractivity contribution in [1.29, 1.82) is 5.26 Å². The second-order valence-electron chi connectivity index (χ2n) is 7.24. The summed E-state index contributed by atoms with van der Waals surface area (Å²) in [4.78, 5) is 12.4. The summed E-state index contributed by atoms with van der Waals surface area (Å²) < 4.78 is 35.0. The summed E-state index contributed by atoms with van der Waals surface area (Å²) in [5, 5.41) is 14.3. The van der Waals surface area contributed by atoms with Gasteiger partial charge in [-0.05, 0) is 60.0 Å². The Balaban J connectivity index is 1.54. The van der Waals surface area contributed by atoms with Crippen LogP contribution in [0.4, 0.5) is 19.3 Å². The maximum atomic E-state index is 12.4. The van der Waals surface area contributed by atoms with Crippen LogP contribution in [0, 0.1) is 11.3 Å². The highest BCUT2D eigenvalue weighted by Gasteiger charge is 2.12. The Kier molecular flexibility index (Phi) is 8.19. The van der Waals surface area contributed by atoms with Gasteiger partial charge in [0.1, 0.15) is 18.1 Å². The fraction of sp³-hybridized carbons (Fsp3) is 0.200. The second kappa shape index (κ2) is 11.5. The number of nitrogens with zero attached hydrogens (tertiary/aromatic N) is 1. The SMILES string of the molecule is CC(NC(=O)Nc1cccc(COc2ccc(CC#N)cc2)c1)c1cccc(OC(F)F)c1. The average Bonchev–Trinajstić information content (AvgIpc) is 2.79. The number of hydrogen-bond donors (Lipinski definition) is 2. The van der Waals surface area contributed by atoms with E-state index in [1.54, 1.807) is 37.3 Å².